The lowest BCUT2D eigenvalue weighted by Gasteiger charge is -2.13. The molecule has 5 nitrogen and oxygen atoms in total. The Hall–Kier alpha value is -9.97. The third-order valence-electron chi connectivity index (χ3n) is 14.8. The summed E-state index contributed by atoms with van der Waals surface area (Å²) in [5, 5.41) is 12.1. The fourth-order valence-corrected chi connectivity index (χ4v) is 11.3. The van der Waals surface area contributed by atoms with Gasteiger partial charge in [-0.3, -0.25) is 0 Å². The summed E-state index contributed by atoms with van der Waals surface area (Å²) in [4.78, 5) is 15.4. The minimum atomic E-state index is 0.576. The lowest BCUT2D eigenvalue weighted by atomic mass is 9.91. The molecular weight excluding hydrogens is 901 g/mol. The molecule has 0 N–H and O–H groups in total. The number of hydrogen-bond donors (Lipinski definition) is 0. The van der Waals surface area contributed by atoms with Crippen LogP contribution >= 0.6 is 0 Å². The Balaban J connectivity index is 0.775. The van der Waals surface area contributed by atoms with Crippen LogP contribution in [0, 0.1) is 0 Å². The monoisotopic (exact) mass is 942 g/mol. The van der Waals surface area contributed by atoms with Crippen molar-refractivity contribution >= 4 is 76.1 Å². The van der Waals surface area contributed by atoms with Crippen molar-refractivity contribution in [2.24, 2.45) is 0 Å². The van der Waals surface area contributed by atoms with Crippen LogP contribution in [0.2, 0.25) is 0 Å². The van der Waals surface area contributed by atoms with Gasteiger partial charge in [0.05, 0.1) is 11.0 Å². The van der Waals surface area contributed by atoms with Crippen LogP contribution < -0.4 is 0 Å². The topological polar surface area (TPSA) is 56.7 Å². The van der Waals surface area contributed by atoms with E-state index >= 15 is 0 Å². The Kier molecular flexibility index (Phi) is 9.50. The molecule has 0 aliphatic heterocycles. The second kappa shape index (κ2) is 16.8. The Morgan fingerprint density at radius 1 is 0.230 bits per heavy atom. The smallest absolute Gasteiger partial charge is 0.164 e. The number of furan rings is 1. The number of nitrogens with zero attached hydrogens (tertiary/aromatic N) is 4. The van der Waals surface area contributed by atoms with Crippen LogP contribution in [-0.2, 0) is 0 Å². The molecule has 3 heterocycles. The van der Waals surface area contributed by atoms with E-state index < -0.39 is 0 Å². The van der Waals surface area contributed by atoms with Crippen molar-refractivity contribution < 1.29 is 4.42 Å². The molecule has 15 rings (SSSR count). The van der Waals surface area contributed by atoms with Crippen LogP contribution in [0.4, 0.5) is 0 Å². The maximum absolute atomic E-state index is 6.72. The summed E-state index contributed by atoms with van der Waals surface area (Å²) in [5.41, 5.74) is 14.6. The van der Waals surface area contributed by atoms with Crippen molar-refractivity contribution in [3.63, 3.8) is 0 Å². The van der Waals surface area contributed by atoms with Crippen LogP contribution in [0.5, 0.6) is 0 Å². The average molecular weight is 943 g/mol. The lowest BCUT2D eigenvalue weighted by molar-refractivity contribution is 0.669. The van der Waals surface area contributed by atoms with Crippen LogP contribution in [0.25, 0.3) is 149 Å². The Labute approximate surface area is 425 Å². The molecule has 0 aliphatic carbocycles. The molecule has 0 unspecified atom stereocenters. The van der Waals surface area contributed by atoms with E-state index in [1.165, 1.54) is 54.4 Å². The molecule has 5 heteroatoms. The van der Waals surface area contributed by atoms with E-state index in [0.29, 0.717) is 17.5 Å². The largest absolute Gasteiger partial charge is 0.456 e. The van der Waals surface area contributed by atoms with Crippen LogP contribution in [0.3, 0.4) is 0 Å². The summed E-state index contributed by atoms with van der Waals surface area (Å²) in [6.45, 7) is 0. The molecule has 0 aliphatic rings. The molecular formula is C69H42N4O. The molecule has 74 heavy (non-hydrogen) atoms. The third-order valence-corrected chi connectivity index (χ3v) is 14.8. The first kappa shape index (κ1) is 41.8. The van der Waals surface area contributed by atoms with Gasteiger partial charge in [-0.1, -0.05) is 176 Å². The molecule has 0 radical (unpaired) electrons. The summed E-state index contributed by atoms with van der Waals surface area (Å²) >= 11 is 0. The Morgan fingerprint density at radius 2 is 0.608 bits per heavy atom. The second-order valence-electron chi connectivity index (χ2n) is 19.1. The Bertz CT molecular complexity index is 4690. The number of hydrogen-bond acceptors (Lipinski definition) is 4. The van der Waals surface area contributed by atoms with Crippen LogP contribution in [-0.4, -0.2) is 19.5 Å². The summed E-state index contributed by atoms with van der Waals surface area (Å²) in [6, 6.07) is 90.7. The molecule has 3 aromatic heterocycles. The van der Waals surface area contributed by atoms with Crippen molar-refractivity contribution in [2.45, 2.75) is 0 Å². The first-order chi connectivity index (χ1) is 36.6. The van der Waals surface area contributed by atoms with Gasteiger partial charge >= 0.3 is 0 Å². The fraction of sp³-hybridized carbons (Fsp3) is 0. The summed E-state index contributed by atoms with van der Waals surface area (Å²) < 4.78 is 9.04. The lowest BCUT2D eigenvalue weighted by Crippen LogP contribution is -2.00. The van der Waals surface area contributed by atoms with Crippen molar-refractivity contribution in [1.29, 1.82) is 0 Å². The van der Waals surface area contributed by atoms with E-state index in [-0.39, 0.29) is 0 Å². The normalized spacial score (nSPS) is 11.8. The van der Waals surface area contributed by atoms with E-state index in [4.69, 9.17) is 19.4 Å². The highest BCUT2D eigenvalue weighted by Gasteiger charge is 2.19. The number of benzene rings is 12. The average Bonchev–Trinajstić information content (AvgIpc) is 4.02. The second-order valence-corrected chi connectivity index (χ2v) is 19.1. The molecule has 344 valence electrons. The van der Waals surface area contributed by atoms with Gasteiger partial charge in [-0.2, -0.15) is 0 Å². The number of rotatable bonds is 7. The third kappa shape index (κ3) is 6.90. The van der Waals surface area contributed by atoms with Crippen molar-refractivity contribution in [3.05, 3.63) is 255 Å². The van der Waals surface area contributed by atoms with Gasteiger partial charge in [0.2, 0.25) is 0 Å². The fourth-order valence-electron chi connectivity index (χ4n) is 11.3. The molecule has 15 aromatic rings. The van der Waals surface area contributed by atoms with Gasteiger partial charge < -0.3 is 8.98 Å². The summed E-state index contributed by atoms with van der Waals surface area (Å²) in [6.07, 6.45) is 0. The van der Waals surface area contributed by atoms with Crippen LogP contribution in [0.1, 0.15) is 0 Å². The van der Waals surface area contributed by atoms with Gasteiger partial charge in [0, 0.05) is 43.9 Å². The van der Waals surface area contributed by atoms with E-state index in [1.54, 1.807) is 0 Å². The predicted octanol–water partition coefficient (Wildman–Crippen LogP) is 18.3. The molecule has 0 saturated carbocycles. The van der Waals surface area contributed by atoms with Gasteiger partial charge in [0.1, 0.15) is 11.2 Å². The molecule has 0 saturated heterocycles. The zero-order valence-corrected chi connectivity index (χ0v) is 39.9. The van der Waals surface area contributed by atoms with Gasteiger partial charge in [-0.15, -0.1) is 0 Å². The number of fused-ring (bicyclic) bond motifs is 12. The molecule has 0 spiro atoms. The van der Waals surface area contributed by atoms with Gasteiger partial charge in [-0.05, 0) is 145 Å². The molecule has 0 amide bonds. The Morgan fingerprint density at radius 3 is 1.22 bits per heavy atom. The number of para-hydroxylation sites is 2. The zero-order valence-electron chi connectivity index (χ0n) is 39.9. The maximum atomic E-state index is 6.72. The van der Waals surface area contributed by atoms with Crippen molar-refractivity contribution in [3.8, 4) is 73.2 Å². The van der Waals surface area contributed by atoms with Crippen molar-refractivity contribution in [2.75, 3.05) is 0 Å². The zero-order chi connectivity index (χ0) is 48.7. The minimum absolute atomic E-state index is 0.576. The highest BCUT2D eigenvalue weighted by molar-refractivity contribution is 6.25. The molecule has 0 bridgehead atoms. The summed E-state index contributed by atoms with van der Waals surface area (Å²) in [7, 11) is 0. The van der Waals surface area contributed by atoms with Gasteiger partial charge in [0.25, 0.3) is 0 Å². The molecule has 0 atom stereocenters. The minimum Gasteiger partial charge on any atom is -0.456 e. The number of aromatic nitrogens is 4. The quantitative estimate of drug-likeness (QED) is 0.149. The SMILES string of the molecule is c1ccc(-c2nc(-c3ccc4c(c3)oc3cc(-c5cccc(-c6cccc(-c7ccc8c9ccccc9c9ccccc9c8c7)c6)c5)ccc34)nc(-c3ccc4c(c3)c3ccccc3n4-c3ccccc3)n2)cc1. The van der Waals surface area contributed by atoms with Crippen molar-refractivity contribution in [1.82, 2.24) is 19.5 Å². The van der Waals surface area contributed by atoms with E-state index in [0.717, 1.165) is 77.4 Å². The van der Waals surface area contributed by atoms with E-state index in [9.17, 15) is 0 Å². The van der Waals surface area contributed by atoms with Gasteiger partial charge in [-0.25, -0.2) is 15.0 Å². The first-order valence-electron chi connectivity index (χ1n) is 25.1. The first-order valence-corrected chi connectivity index (χ1v) is 25.1. The highest BCUT2D eigenvalue weighted by Crippen LogP contribution is 2.40. The maximum Gasteiger partial charge on any atom is 0.164 e. The predicted molar refractivity (Wildman–Crippen MR) is 307 cm³/mol. The van der Waals surface area contributed by atoms with Gasteiger partial charge in [0.15, 0.2) is 17.5 Å². The van der Waals surface area contributed by atoms with E-state index in [2.05, 4.69) is 229 Å². The molecule has 12 aromatic carbocycles. The van der Waals surface area contributed by atoms with E-state index in [1.807, 2.05) is 30.3 Å². The highest BCUT2D eigenvalue weighted by atomic mass is 16.3. The molecule has 0 fully saturated rings. The summed E-state index contributed by atoms with van der Waals surface area (Å²) in [5.74, 6) is 1.79. The van der Waals surface area contributed by atoms with Crippen LogP contribution in [0.15, 0.2) is 259 Å². The standard InChI is InChI=1S/C69H42N4O/c1-3-15-43(16-4-1)67-70-68(50-32-36-64-62(40-50)58-27-11-12-28-63(58)73(64)52-21-5-2-6-22-52)72-69(71-67)51-31-35-60-59-34-30-49(41-65(59)74-66(60)42-51)47-20-14-18-45(38-47)44-17-13-19-46(37-44)48-29-33-57-55-25-8-7-23-53(55)54-24-9-10-26-56(54)61(57)39-48/h1-42H.